The van der Waals surface area contributed by atoms with Gasteiger partial charge in [-0.2, -0.15) is 0 Å². The van der Waals surface area contributed by atoms with Crippen molar-refractivity contribution in [3.05, 3.63) is 11.4 Å². The summed E-state index contributed by atoms with van der Waals surface area (Å²) in [5.74, 6) is 3.02. The number of likely N-dealkylation sites (N-methyl/N-ethyl adjacent to an activating group) is 1. The highest BCUT2D eigenvalue weighted by Gasteiger charge is 2.28. The van der Waals surface area contributed by atoms with E-state index in [2.05, 4.69) is 20.6 Å². The first-order valence-corrected chi connectivity index (χ1v) is 7.09. The van der Waals surface area contributed by atoms with Gasteiger partial charge >= 0.3 is 0 Å². The van der Waals surface area contributed by atoms with E-state index in [-0.39, 0.29) is 12.5 Å². The Labute approximate surface area is 120 Å². The Hall–Kier alpha value is -1.85. The SMILES string of the molecule is CCNc1nc(C2CC2)nc(NCC(=O)N(C)C)c1C. The van der Waals surface area contributed by atoms with Gasteiger partial charge in [0.25, 0.3) is 0 Å². The highest BCUT2D eigenvalue weighted by Crippen LogP contribution is 2.39. The number of nitrogens with zero attached hydrogens (tertiary/aromatic N) is 3. The van der Waals surface area contributed by atoms with Gasteiger partial charge in [0.2, 0.25) is 5.91 Å². The standard InChI is InChI=1S/C14H23N5O/c1-5-15-12-9(2)13(16-8-11(20)19(3)4)18-14(17-12)10-6-7-10/h10H,5-8H2,1-4H3,(H2,15,16,17,18). The van der Waals surface area contributed by atoms with Crippen LogP contribution in [0, 0.1) is 6.92 Å². The van der Waals surface area contributed by atoms with Crippen LogP contribution in [0.25, 0.3) is 0 Å². The van der Waals surface area contributed by atoms with Crippen LogP contribution in [-0.4, -0.2) is 48.0 Å². The van der Waals surface area contributed by atoms with E-state index in [1.807, 2.05) is 13.8 Å². The van der Waals surface area contributed by atoms with E-state index in [9.17, 15) is 4.79 Å². The maximum Gasteiger partial charge on any atom is 0.241 e. The first-order valence-electron chi connectivity index (χ1n) is 7.09. The van der Waals surface area contributed by atoms with Crippen LogP contribution in [0.2, 0.25) is 0 Å². The molecule has 20 heavy (non-hydrogen) atoms. The number of nitrogens with one attached hydrogen (secondary N) is 2. The molecule has 1 fully saturated rings. The molecule has 110 valence electrons. The number of amides is 1. The Bertz CT molecular complexity index is 497. The molecule has 0 atom stereocenters. The minimum atomic E-state index is 0.0287. The lowest BCUT2D eigenvalue weighted by Crippen LogP contribution is -2.29. The lowest BCUT2D eigenvalue weighted by atomic mass is 10.2. The van der Waals surface area contributed by atoms with Gasteiger partial charge in [-0.05, 0) is 26.7 Å². The number of anilines is 2. The summed E-state index contributed by atoms with van der Waals surface area (Å²) < 4.78 is 0. The molecule has 0 radical (unpaired) electrons. The van der Waals surface area contributed by atoms with Crippen LogP contribution in [0.3, 0.4) is 0 Å². The molecule has 2 rings (SSSR count). The maximum absolute atomic E-state index is 11.7. The molecular formula is C14H23N5O. The van der Waals surface area contributed by atoms with E-state index >= 15 is 0 Å². The highest BCUT2D eigenvalue weighted by molar-refractivity contribution is 5.80. The van der Waals surface area contributed by atoms with Crippen molar-refractivity contribution in [2.45, 2.75) is 32.6 Å². The molecule has 0 bridgehead atoms. The lowest BCUT2D eigenvalue weighted by Gasteiger charge is -2.16. The van der Waals surface area contributed by atoms with Gasteiger partial charge in [0.1, 0.15) is 17.5 Å². The molecule has 0 aromatic carbocycles. The van der Waals surface area contributed by atoms with Gasteiger partial charge in [-0.15, -0.1) is 0 Å². The second-order valence-corrected chi connectivity index (χ2v) is 5.35. The quantitative estimate of drug-likeness (QED) is 0.826. The Morgan fingerprint density at radius 2 is 1.85 bits per heavy atom. The van der Waals surface area contributed by atoms with Crippen molar-refractivity contribution in [3.63, 3.8) is 0 Å². The van der Waals surface area contributed by atoms with Gasteiger partial charge in [-0.25, -0.2) is 9.97 Å². The molecule has 1 aliphatic rings. The Morgan fingerprint density at radius 1 is 1.25 bits per heavy atom. The fourth-order valence-corrected chi connectivity index (χ4v) is 1.89. The van der Waals surface area contributed by atoms with Crippen LogP contribution in [-0.2, 0) is 4.79 Å². The largest absolute Gasteiger partial charge is 0.370 e. The highest BCUT2D eigenvalue weighted by atomic mass is 16.2. The molecular weight excluding hydrogens is 254 g/mol. The Balaban J connectivity index is 2.19. The molecule has 1 amide bonds. The second kappa shape index (κ2) is 6.07. The predicted molar refractivity (Wildman–Crippen MR) is 80.1 cm³/mol. The third-order valence-corrected chi connectivity index (χ3v) is 3.36. The van der Waals surface area contributed by atoms with Gasteiger partial charge < -0.3 is 15.5 Å². The lowest BCUT2D eigenvalue weighted by molar-refractivity contribution is -0.126. The summed E-state index contributed by atoms with van der Waals surface area (Å²) in [6.45, 7) is 5.08. The predicted octanol–water partition coefficient (Wildman–Crippen LogP) is 1.59. The van der Waals surface area contributed by atoms with Crippen molar-refractivity contribution in [1.82, 2.24) is 14.9 Å². The van der Waals surface area contributed by atoms with Crippen molar-refractivity contribution in [2.75, 3.05) is 37.8 Å². The number of carbonyl (C=O) groups is 1. The molecule has 6 nitrogen and oxygen atoms in total. The molecule has 1 saturated carbocycles. The van der Waals surface area contributed by atoms with E-state index in [4.69, 9.17) is 0 Å². The van der Waals surface area contributed by atoms with Crippen LogP contribution in [0.15, 0.2) is 0 Å². The van der Waals surface area contributed by atoms with Gasteiger partial charge in [0.05, 0.1) is 6.54 Å². The summed E-state index contributed by atoms with van der Waals surface area (Å²) in [7, 11) is 3.49. The minimum absolute atomic E-state index is 0.0287. The van der Waals surface area contributed by atoms with Crippen molar-refractivity contribution in [3.8, 4) is 0 Å². The zero-order chi connectivity index (χ0) is 14.7. The molecule has 1 aromatic heterocycles. The number of hydrogen-bond acceptors (Lipinski definition) is 5. The van der Waals surface area contributed by atoms with Crippen LogP contribution in [0.4, 0.5) is 11.6 Å². The summed E-state index contributed by atoms with van der Waals surface area (Å²) in [6.07, 6.45) is 2.31. The van der Waals surface area contributed by atoms with E-state index in [0.717, 1.165) is 42.4 Å². The van der Waals surface area contributed by atoms with E-state index in [0.29, 0.717) is 5.92 Å². The summed E-state index contributed by atoms with van der Waals surface area (Å²) in [6, 6.07) is 0. The molecule has 1 heterocycles. The third-order valence-electron chi connectivity index (χ3n) is 3.36. The topological polar surface area (TPSA) is 70.1 Å². The van der Waals surface area contributed by atoms with Crippen molar-refractivity contribution in [1.29, 1.82) is 0 Å². The number of rotatable bonds is 6. The maximum atomic E-state index is 11.7. The Morgan fingerprint density at radius 3 is 2.35 bits per heavy atom. The zero-order valence-corrected chi connectivity index (χ0v) is 12.7. The molecule has 1 aliphatic carbocycles. The summed E-state index contributed by atoms with van der Waals surface area (Å²) >= 11 is 0. The molecule has 0 unspecified atom stereocenters. The van der Waals surface area contributed by atoms with Crippen molar-refractivity contribution in [2.24, 2.45) is 0 Å². The van der Waals surface area contributed by atoms with Crippen LogP contribution in [0.5, 0.6) is 0 Å². The van der Waals surface area contributed by atoms with Crippen molar-refractivity contribution >= 4 is 17.5 Å². The van der Waals surface area contributed by atoms with Gasteiger partial charge in [-0.1, -0.05) is 0 Å². The monoisotopic (exact) mass is 277 g/mol. The van der Waals surface area contributed by atoms with Crippen LogP contribution in [0.1, 0.15) is 37.1 Å². The fourth-order valence-electron chi connectivity index (χ4n) is 1.89. The molecule has 6 heteroatoms. The molecule has 0 saturated heterocycles. The average molecular weight is 277 g/mol. The molecule has 1 aromatic rings. The van der Waals surface area contributed by atoms with Crippen molar-refractivity contribution < 1.29 is 4.79 Å². The fraction of sp³-hybridized carbons (Fsp3) is 0.643. The summed E-state index contributed by atoms with van der Waals surface area (Å²) in [5, 5.41) is 6.40. The van der Waals surface area contributed by atoms with Crippen LogP contribution < -0.4 is 10.6 Å². The van der Waals surface area contributed by atoms with Crippen LogP contribution >= 0.6 is 0 Å². The number of carbonyl (C=O) groups excluding carboxylic acids is 1. The van der Waals surface area contributed by atoms with E-state index in [1.54, 1.807) is 19.0 Å². The summed E-state index contributed by atoms with van der Waals surface area (Å²) in [4.78, 5) is 22.4. The minimum Gasteiger partial charge on any atom is -0.370 e. The van der Waals surface area contributed by atoms with E-state index < -0.39 is 0 Å². The number of hydrogen-bond donors (Lipinski definition) is 2. The van der Waals surface area contributed by atoms with Gasteiger partial charge in [0, 0.05) is 32.1 Å². The zero-order valence-electron chi connectivity index (χ0n) is 12.7. The number of aromatic nitrogens is 2. The smallest absolute Gasteiger partial charge is 0.241 e. The van der Waals surface area contributed by atoms with Gasteiger partial charge in [-0.3, -0.25) is 4.79 Å². The van der Waals surface area contributed by atoms with E-state index in [1.165, 1.54) is 0 Å². The molecule has 0 aliphatic heterocycles. The Kier molecular flexibility index (Phi) is 4.42. The molecule has 2 N–H and O–H groups in total. The normalized spacial score (nSPS) is 14.0. The first-order chi connectivity index (χ1) is 9.52. The third kappa shape index (κ3) is 3.37. The molecule has 0 spiro atoms. The summed E-state index contributed by atoms with van der Waals surface area (Å²) in [5.41, 5.74) is 0.961. The first kappa shape index (κ1) is 14.6. The van der Waals surface area contributed by atoms with Gasteiger partial charge in [0.15, 0.2) is 0 Å². The average Bonchev–Trinajstić information content (AvgIpc) is 3.23. The second-order valence-electron chi connectivity index (χ2n) is 5.35.